The van der Waals surface area contributed by atoms with Gasteiger partial charge in [-0.3, -0.25) is 0 Å². The second kappa shape index (κ2) is 7.63. The standard InChI is InChI=1S/C17H28N2O/c1-13(2)18-12-15-10-14(3)19-17(11-15)20-16-8-6-4-5-7-9-16/h10-11,13,16,18H,4-9,12H2,1-3H3. The molecular weight excluding hydrogens is 248 g/mol. The van der Waals surface area contributed by atoms with Crippen LogP contribution in [0.4, 0.5) is 0 Å². The molecule has 1 aromatic heterocycles. The molecule has 1 N–H and O–H groups in total. The fraction of sp³-hybridized carbons (Fsp3) is 0.706. The zero-order valence-corrected chi connectivity index (χ0v) is 13.1. The highest BCUT2D eigenvalue weighted by Crippen LogP contribution is 2.22. The Hall–Kier alpha value is -1.09. The van der Waals surface area contributed by atoms with Gasteiger partial charge in [-0.05, 0) is 44.2 Å². The summed E-state index contributed by atoms with van der Waals surface area (Å²) in [6, 6.07) is 4.72. The normalized spacial score (nSPS) is 17.2. The molecule has 1 saturated carbocycles. The van der Waals surface area contributed by atoms with Crippen LogP contribution < -0.4 is 10.1 Å². The zero-order chi connectivity index (χ0) is 14.4. The van der Waals surface area contributed by atoms with Crippen LogP contribution in [0.25, 0.3) is 0 Å². The average Bonchev–Trinajstić information content (AvgIpc) is 2.64. The van der Waals surface area contributed by atoms with Gasteiger partial charge in [0.05, 0.1) is 0 Å². The van der Waals surface area contributed by atoms with E-state index in [0.717, 1.165) is 18.1 Å². The molecule has 1 aliphatic rings. The van der Waals surface area contributed by atoms with E-state index in [1.54, 1.807) is 0 Å². The SMILES string of the molecule is Cc1cc(CNC(C)C)cc(OC2CCCCCC2)n1. The number of hydrogen-bond acceptors (Lipinski definition) is 3. The lowest BCUT2D eigenvalue weighted by molar-refractivity contribution is 0.175. The molecule has 0 unspecified atom stereocenters. The fourth-order valence-corrected chi connectivity index (χ4v) is 2.72. The summed E-state index contributed by atoms with van der Waals surface area (Å²) in [6.45, 7) is 7.24. The van der Waals surface area contributed by atoms with Crippen molar-refractivity contribution in [2.45, 2.75) is 78.0 Å². The molecule has 0 radical (unpaired) electrons. The van der Waals surface area contributed by atoms with Crippen molar-refractivity contribution < 1.29 is 4.74 Å². The minimum Gasteiger partial charge on any atom is -0.474 e. The maximum atomic E-state index is 6.12. The van der Waals surface area contributed by atoms with E-state index in [2.05, 4.69) is 36.3 Å². The zero-order valence-electron chi connectivity index (χ0n) is 13.1. The van der Waals surface area contributed by atoms with Gasteiger partial charge >= 0.3 is 0 Å². The average molecular weight is 276 g/mol. The lowest BCUT2D eigenvalue weighted by Crippen LogP contribution is -2.22. The Bertz CT molecular complexity index is 409. The van der Waals surface area contributed by atoms with Crippen LogP contribution in [-0.4, -0.2) is 17.1 Å². The Morgan fingerprint density at radius 1 is 1.20 bits per heavy atom. The smallest absolute Gasteiger partial charge is 0.214 e. The van der Waals surface area contributed by atoms with E-state index in [1.165, 1.54) is 44.1 Å². The Labute approximate surface area is 123 Å². The van der Waals surface area contributed by atoms with Gasteiger partial charge < -0.3 is 10.1 Å². The van der Waals surface area contributed by atoms with Gasteiger partial charge in [0, 0.05) is 24.3 Å². The van der Waals surface area contributed by atoms with Crippen molar-refractivity contribution >= 4 is 0 Å². The molecule has 0 spiro atoms. The first-order valence-electron chi connectivity index (χ1n) is 8.01. The number of nitrogens with one attached hydrogen (secondary N) is 1. The minimum absolute atomic E-state index is 0.359. The third-order valence-corrected chi connectivity index (χ3v) is 3.79. The quantitative estimate of drug-likeness (QED) is 0.826. The van der Waals surface area contributed by atoms with E-state index in [0.29, 0.717) is 12.1 Å². The van der Waals surface area contributed by atoms with E-state index in [-0.39, 0.29) is 0 Å². The van der Waals surface area contributed by atoms with Crippen LogP contribution in [0, 0.1) is 6.92 Å². The number of pyridine rings is 1. The molecule has 0 aromatic carbocycles. The number of aryl methyl sites for hydroxylation is 1. The van der Waals surface area contributed by atoms with Crippen LogP contribution in [0.5, 0.6) is 5.88 Å². The summed E-state index contributed by atoms with van der Waals surface area (Å²) in [5.41, 5.74) is 2.30. The molecule has 0 saturated heterocycles. The van der Waals surface area contributed by atoms with Gasteiger partial charge in [-0.25, -0.2) is 4.98 Å². The largest absolute Gasteiger partial charge is 0.474 e. The van der Waals surface area contributed by atoms with Crippen molar-refractivity contribution in [1.29, 1.82) is 0 Å². The monoisotopic (exact) mass is 276 g/mol. The van der Waals surface area contributed by atoms with Crippen LogP contribution in [0.2, 0.25) is 0 Å². The first kappa shape index (κ1) is 15.3. The Morgan fingerprint density at radius 2 is 1.90 bits per heavy atom. The van der Waals surface area contributed by atoms with Crippen LogP contribution in [0.1, 0.15) is 63.6 Å². The van der Waals surface area contributed by atoms with Crippen LogP contribution in [0.15, 0.2) is 12.1 Å². The molecule has 1 aliphatic carbocycles. The van der Waals surface area contributed by atoms with Crippen molar-refractivity contribution in [2.75, 3.05) is 0 Å². The summed E-state index contributed by atoms with van der Waals surface area (Å²) in [6.07, 6.45) is 7.99. The van der Waals surface area contributed by atoms with Gasteiger partial charge in [0.1, 0.15) is 6.10 Å². The van der Waals surface area contributed by atoms with Crippen molar-refractivity contribution in [3.63, 3.8) is 0 Å². The Morgan fingerprint density at radius 3 is 2.55 bits per heavy atom. The van der Waals surface area contributed by atoms with Gasteiger partial charge in [-0.15, -0.1) is 0 Å². The molecule has 3 heteroatoms. The maximum Gasteiger partial charge on any atom is 0.214 e. The van der Waals surface area contributed by atoms with Crippen LogP contribution in [-0.2, 0) is 6.54 Å². The highest BCUT2D eigenvalue weighted by molar-refractivity contribution is 5.24. The summed E-state index contributed by atoms with van der Waals surface area (Å²) in [4.78, 5) is 4.54. The second-order valence-electron chi connectivity index (χ2n) is 6.22. The third kappa shape index (κ3) is 5.12. The highest BCUT2D eigenvalue weighted by Gasteiger charge is 2.14. The molecule has 0 aliphatic heterocycles. The van der Waals surface area contributed by atoms with Gasteiger partial charge in [-0.1, -0.05) is 26.7 Å². The predicted molar refractivity (Wildman–Crippen MR) is 83.1 cm³/mol. The molecule has 20 heavy (non-hydrogen) atoms. The number of rotatable bonds is 5. The van der Waals surface area contributed by atoms with Gasteiger partial charge in [0.2, 0.25) is 5.88 Å². The number of aromatic nitrogens is 1. The van der Waals surface area contributed by atoms with E-state index in [9.17, 15) is 0 Å². The van der Waals surface area contributed by atoms with Crippen molar-refractivity contribution in [2.24, 2.45) is 0 Å². The predicted octanol–water partition coefficient (Wildman–Crippen LogP) is 3.99. The first-order valence-corrected chi connectivity index (χ1v) is 8.01. The van der Waals surface area contributed by atoms with Crippen molar-refractivity contribution in [3.8, 4) is 5.88 Å². The molecule has 3 nitrogen and oxygen atoms in total. The topological polar surface area (TPSA) is 34.1 Å². The molecule has 1 fully saturated rings. The lowest BCUT2D eigenvalue weighted by atomic mass is 10.1. The molecule has 1 heterocycles. The summed E-state index contributed by atoms with van der Waals surface area (Å²) in [5.74, 6) is 0.803. The van der Waals surface area contributed by atoms with E-state index in [1.807, 2.05) is 6.92 Å². The van der Waals surface area contributed by atoms with Crippen molar-refractivity contribution in [3.05, 3.63) is 23.4 Å². The molecule has 2 rings (SSSR count). The summed E-state index contributed by atoms with van der Waals surface area (Å²) >= 11 is 0. The summed E-state index contributed by atoms with van der Waals surface area (Å²) in [7, 11) is 0. The van der Waals surface area contributed by atoms with Gasteiger partial charge in [0.15, 0.2) is 0 Å². The molecular formula is C17H28N2O. The van der Waals surface area contributed by atoms with E-state index < -0.39 is 0 Å². The molecule has 1 aromatic rings. The molecule has 0 amide bonds. The first-order chi connectivity index (χ1) is 9.63. The maximum absolute atomic E-state index is 6.12. The Balaban J connectivity index is 1.99. The highest BCUT2D eigenvalue weighted by atomic mass is 16.5. The fourth-order valence-electron chi connectivity index (χ4n) is 2.72. The third-order valence-electron chi connectivity index (χ3n) is 3.79. The van der Waals surface area contributed by atoms with E-state index >= 15 is 0 Å². The van der Waals surface area contributed by atoms with Crippen molar-refractivity contribution in [1.82, 2.24) is 10.3 Å². The number of nitrogens with zero attached hydrogens (tertiary/aromatic N) is 1. The summed E-state index contributed by atoms with van der Waals surface area (Å²) in [5, 5.41) is 3.45. The minimum atomic E-state index is 0.359. The molecule has 112 valence electrons. The van der Waals surface area contributed by atoms with Crippen LogP contribution >= 0.6 is 0 Å². The van der Waals surface area contributed by atoms with Gasteiger partial charge in [0.25, 0.3) is 0 Å². The lowest BCUT2D eigenvalue weighted by Gasteiger charge is -2.17. The second-order valence-corrected chi connectivity index (χ2v) is 6.22. The van der Waals surface area contributed by atoms with E-state index in [4.69, 9.17) is 4.74 Å². The number of hydrogen-bond donors (Lipinski definition) is 1. The summed E-state index contributed by atoms with van der Waals surface area (Å²) < 4.78 is 6.12. The number of ether oxygens (including phenoxy) is 1. The van der Waals surface area contributed by atoms with Crippen LogP contribution in [0.3, 0.4) is 0 Å². The molecule has 0 bridgehead atoms. The Kier molecular flexibility index (Phi) is 5.84. The molecule has 0 atom stereocenters. The van der Waals surface area contributed by atoms with Gasteiger partial charge in [-0.2, -0.15) is 0 Å².